The molecule has 1 aliphatic rings. The first-order valence-corrected chi connectivity index (χ1v) is 8.02. The summed E-state index contributed by atoms with van der Waals surface area (Å²) in [6.07, 6.45) is -2.55. The monoisotopic (exact) mass is 344 g/mol. The van der Waals surface area contributed by atoms with Gasteiger partial charge in [0.15, 0.2) is 6.61 Å². The van der Waals surface area contributed by atoms with Crippen molar-refractivity contribution in [2.75, 3.05) is 26.0 Å². The highest BCUT2D eigenvalue weighted by Gasteiger charge is 2.42. The predicted octanol–water partition coefficient (Wildman–Crippen LogP) is 3.69. The second-order valence-electron chi connectivity index (χ2n) is 6.35. The zero-order valence-corrected chi connectivity index (χ0v) is 13.9. The molecule has 0 radical (unpaired) electrons. The first-order chi connectivity index (χ1) is 11.3. The highest BCUT2D eigenvalue weighted by Crippen LogP contribution is 2.38. The first kappa shape index (κ1) is 18.4. The lowest BCUT2D eigenvalue weighted by Gasteiger charge is -2.31. The van der Waals surface area contributed by atoms with Gasteiger partial charge in [-0.05, 0) is 31.4 Å². The lowest BCUT2D eigenvalue weighted by Crippen LogP contribution is -2.34. The number of anilines is 1. The number of ether oxygens (including phenoxy) is 1. The molecule has 2 atom stereocenters. The van der Waals surface area contributed by atoms with Crippen LogP contribution in [-0.4, -0.2) is 43.7 Å². The molecule has 1 aromatic rings. The maximum Gasteiger partial charge on any atom is 0.391 e. The number of halogens is 3. The van der Waals surface area contributed by atoms with Crippen molar-refractivity contribution >= 4 is 11.6 Å². The van der Waals surface area contributed by atoms with Gasteiger partial charge in [0.1, 0.15) is 5.75 Å². The molecule has 0 bridgehead atoms. The minimum atomic E-state index is -4.13. The van der Waals surface area contributed by atoms with Crippen molar-refractivity contribution in [3.63, 3.8) is 0 Å². The Balaban J connectivity index is 1.93. The molecule has 0 aromatic heterocycles. The maximum atomic E-state index is 12.9. The molecule has 0 saturated heterocycles. The number of nitrogens with one attached hydrogen (secondary N) is 1. The van der Waals surface area contributed by atoms with Crippen molar-refractivity contribution in [1.82, 2.24) is 4.90 Å². The number of nitrogens with zero attached hydrogens (tertiary/aromatic N) is 1. The molecule has 1 N–H and O–H groups in total. The van der Waals surface area contributed by atoms with Gasteiger partial charge in [0.05, 0.1) is 5.92 Å². The summed E-state index contributed by atoms with van der Waals surface area (Å²) >= 11 is 0. The number of alkyl halides is 3. The molecule has 4 nitrogen and oxygen atoms in total. The van der Waals surface area contributed by atoms with Crippen LogP contribution in [0.3, 0.4) is 0 Å². The third-order valence-corrected chi connectivity index (χ3v) is 4.20. The Morgan fingerprint density at radius 2 is 2.08 bits per heavy atom. The van der Waals surface area contributed by atoms with Gasteiger partial charge in [-0.1, -0.05) is 12.5 Å². The van der Waals surface area contributed by atoms with Gasteiger partial charge in [0.25, 0.3) is 5.91 Å². The standard InChI is InChI=1S/C17H23F3N2O2/c1-22(2)16(23)11-24-15-8-4-7-14(10-15)21-13-6-3-5-12(9-13)17(18,19)20/h4,7-8,10,12-13,21H,3,5-6,9,11H2,1-2H3/t12-,13-/m1/s1. The number of hydrogen-bond donors (Lipinski definition) is 1. The smallest absolute Gasteiger partial charge is 0.391 e. The van der Waals surface area contributed by atoms with E-state index in [1.165, 1.54) is 4.90 Å². The van der Waals surface area contributed by atoms with E-state index in [0.29, 0.717) is 17.9 Å². The lowest BCUT2D eigenvalue weighted by molar-refractivity contribution is -0.182. The van der Waals surface area contributed by atoms with Gasteiger partial charge < -0.3 is 15.0 Å². The van der Waals surface area contributed by atoms with Gasteiger partial charge in [-0.15, -0.1) is 0 Å². The van der Waals surface area contributed by atoms with E-state index in [0.717, 1.165) is 6.42 Å². The average molecular weight is 344 g/mol. The number of likely N-dealkylation sites (N-methyl/N-ethyl adjacent to an activating group) is 1. The molecule has 1 saturated carbocycles. The second-order valence-corrected chi connectivity index (χ2v) is 6.35. The fourth-order valence-electron chi connectivity index (χ4n) is 2.80. The summed E-state index contributed by atoms with van der Waals surface area (Å²) < 4.78 is 44.0. The SMILES string of the molecule is CN(C)C(=O)COc1cccc(N[C@@H]2CCC[C@@H](C(F)(F)F)C2)c1. The first-order valence-electron chi connectivity index (χ1n) is 8.02. The molecule has 0 spiro atoms. The molecular formula is C17H23F3N2O2. The van der Waals surface area contributed by atoms with Gasteiger partial charge >= 0.3 is 6.18 Å². The van der Waals surface area contributed by atoms with E-state index < -0.39 is 12.1 Å². The number of amides is 1. The van der Waals surface area contributed by atoms with Crippen molar-refractivity contribution in [1.29, 1.82) is 0 Å². The predicted molar refractivity (Wildman–Crippen MR) is 86.1 cm³/mol. The molecule has 7 heteroatoms. The molecular weight excluding hydrogens is 321 g/mol. The number of benzene rings is 1. The summed E-state index contributed by atoms with van der Waals surface area (Å²) in [5.41, 5.74) is 0.706. The maximum absolute atomic E-state index is 12.9. The summed E-state index contributed by atoms with van der Waals surface area (Å²) in [5.74, 6) is -0.882. The number of carbonyl (C=O) groups is 1. The second kappa shape index (κ2) is 7.77. The molecule has 2 rings (SSSR count). The largest absolute Gasteiger partial charge is 0.484 e. The molecule has 134 valence electrons. The summed E-state index contributed by atoms with van der Waals surface area (Å²) in [7, 11) is 3.29. The van der Waals surface area contributed by atoms with Gasteiger partial charge in [-0.25, -0.2) is 0 Å². The molecule has 0 heterocycles. The van der Waals surface area contributed by atoms with Crippen LogP contribution in [0.15, 0.2) is 24.3 Å². The van der Waals surface area contributed by atoms with Crippen LogP contribution in [0.25, 0.3) is 0 Å². The number of hydrogen-bond acceptors (Lipinski definition) is 3. The molecule has 24 heavy (non-hydrogen) atoms. The molecule has 1 fully saturated rings. The minimum absolute atomic E-state index is 0.0734. The lowest BCUT2D eigenvalue weighted by atomic mass is 9.85. The number of rotatable bonds is 5. The summed E-state index contributed by atoms with van der Waals surface area (Å²) in [6.45, 7) is -0.0734. The summed E-state index contributed by atoms with van der Waals surface area (Å²) in [4.78, 5) is 13.0. The van der Waals surface area contributed by atoms with Crippen molar-refractivity contribution in [2.24, 2.45) is 5.92 Å². The minimum Gasteiger partial charge on any atom is -0.484 e. The van der Waals surface area contributed by atoms with Crippen LogP contribution in [0.4, 0.5) is 18.9 Å². The normalized spacial score (nSPS) is 21.2. The average Bonchev–Trinajstić information content (AvgIpc) is 2.52. The Morgan fingerprint density at radius 3 is 2.75 bits per heavy atom. The van der Waals surface area contributed by atoms with Crippen LogP contribution in [0, 0.1) is 5.92 Å². The summed E-state index contributed by atoms with van der Waals surface area (Å²) in [6, 6.07) is 6.76. The van der Waals surface area contributed by atoms with E-state index in [1.807, 2.05) is 0 Å². The Morgan fingerprint density at radius 1 is 1.33 bits per heavy atom. The van der Waals surface area contributed by atoms with Gasteiger partial charge in [0, 0.05) is 31.9 Å². The van der Waals surface area contributed by atoms with Crippen molar-refractivity contribution in [2.45, 2.75) is 37.9 Å². The van der Waals surface area contributed by atoms with E-state index in [1.54, 1.807) is 38.4 Å². The van der Waals surface area contributed by atoms with Crippen molar-refractivity contribution in [3.8, 4) is 5.75 Å². The van der Waals surface area contributed by atoms with Crippen LogP contribution in [0.5, 0.6) is 5.75 Å². The van der Waals surface area contributed by atoms with Crippen LogP contribution < -0.4 is 10.1 Å². The third kappa shape index (κ3) is 5.32. The fraction of sp³-hybridized carbons (Fsp3) is 0.588. The van der Waals surface area contributed by atoms with Gasteiger partial charge in [-0.2, -0.15) is 13.2 Å². The highest BCUT2D eigenvalue weighted by atomic mass is 19.4. The van der Waals surface area contributed by atoms with Crippen molar-refractivity contribution < 1.29 is 22.7 Å². The van der Waals surface area contributed by atoms with Crippen molar-refractivity contribution in [3.05, 3.63) is 24.3 Å². The molecule has 0 unspecified atom stereocenters. The quantitative estimate of drug-likeness (QED) is 0.886. The van der Waals surface area contributed by atoms with Gasteiger partial charge in [0.2, 0.25) is 0 Å². The third-order valence-electron chi connectivity index (χ3n) is 4.20. The highest BCUT2D eigenvalue weighted by molar-refractivity contribution is 5.77. The van der Waals surface area contributed by atoms with Crippen LogP contribution in [0.2, 0.25) is 0 Å². The van der Waals surface area contributed by atoms with E-state index in [9.17, 15) is 18.0 Å². The number of carbonyl (C=O) groups excluding carboxylic acids is 1. The Bertz CT molecular complexity index is 561. The van der Waals surface area contributed by atoms with Crippen LogP contribution in [0.1, 0.15) is 25.7 Å². The summed E-state index contributed by atoms with van der Waals surface area (Å²) in [5, 5.41) is 3.16. The Labute approximate surface area is 140 Å². The molecule has 1 amide bonds. The zero-order valence-electron chi connectivity index (χ0n) is 13.9. The fourth-order valence-corrected chi connectivity index (χ4v) is 2.80. The Hall–Kier alpha value is -1.92. The van der Waals surface area contributed by atoms with E-state index >= 15 is 0 Å². The van der Waals surface area contributed by atoms with Gasteiger partial charge in [-0.3, -0.25) is 4.79 Å². The zero-order chi connectivity index (χ0) is 17.7. The van der Waals surface area contributed by atoms with E-state index in [4.69, 9.17) is 4.74 Å². The van der Waals surface area contributed by atoms with E-state index in [-0.39, 0.29) is 31.4 Å². The molecule has 1 aromatic carbocycles. The topological polar surface area (TPSA) is 41.6 Å². The van der Waals surface area contributed by atoms with Crippen LogP contribution in [-0.2, 0) is 4.79 Å². The molecule has 0 aliphatic heterocycles. The Kier molecular flexibility index (Phi) is 5.96. The van der Waals surface area contributed by atoms with Crippen LogP contribution >= 0.6 is 0 Å². The molecule has 1 aliphatic carbocycles. The van der Waals surface area contributed by atoms with E-state index in [2.05, 4.69) is 5.32 Å².